The molecular weight excluding hydrogens is 350 g/mol. The lowest BCUT2D eigenvalue weighted by Gasteiger charge is -2.03. The number of nitrogens with zero attached hydrogens (tertiary/aromatic N) is 1. The van der Waals surface area contributed by atoms with E-state index in [1.54, 1.807) is 11.3 Å². The van der Waals surface area contributed by atoms with Crippen LogP contribution in [0.5, 0.6) is 0 Å². The summed E-state index contributed by atoms with van der Waals surface area (Å²) in [6.07, 6.45) is 2.00. The molecule has 108 valence electrons. The highest BCUT2D eigenvalue weighted by molar-refractivity contribution is 9.10. The average molecular weight is 364 g/mol. The molecular formula is C16H14BrNO2S. The van der Waals surface area contributed by atoms with Gasteiger partial charge in [-0.3, -0.25) is 4.79 Å². The first-order valence-electron chi connectivity index (χ1n) is 6.57. The number of hydrogen-bond donors (Lipinski definition) is 1. The summed E-state index contributed by atoms with van der Waals surface area (Å²) in [6.45, 7) is 2.87. The molecule has 1 N–H and O–H groups in total. The Bertz CT molecular complexity index is 819. The Hall–Kier alpha value is -1.59. The number of thiophene rings is 1. The van der Waals surface area contributed by atoms with Gasteiger partial charge in [0, 0.05) is 31.3 Å². The summed E-state index contributed by atoms with van der Waals surface area (Å²) in [5, 5.41) is 10.1. The lowest BCUT2D eigenvalue weighted by atomic mass is 10.1. The van der Waals surface area contributed by atoms with E-state index in [1.165, 1.54) is 9.75 Å². The number of aromatic nitrogens is 1. The normalized spacial score (nSPS) is 11.1. The molecule has 2 aromatic heterocycles. The minimum Gasteiger partial charge on any atom is -0.481 e. The third-order valence-corrected chi connectivity index (χ3v) is 4.87. The van der Waals surface area contributed by atoms with Gasteiger partial charge in [0.25, 0.3) is 0 Å². The Kier molecular flexibility index (Phi) is 3.87. The van der Waals surface area contributed by atoms with Crippen molar-refractivity contribution in [3.05, 3.63) is 56.3 Å². The van der Waals surface area contributed by atoms with Crippen LogP contribution in [-0.4, -0.2) is 15.6 Å². The highest BCUT2D eigenvalue weighted by Crippen LogP contribution is 2.27. The summed E-state index contributed by atoms with van der Waals surface area (Å²) in [5.74, 6) is -0.805. The molecule has 1 aromatic carbocycles. The van der Waals surface area contributed by atoms with Crippen molar-refractivity contribution in [1.82, 2.24) is 4.57 Å². The SMILES string of the molecule is Cc1ccc(Cn2cc(CC(=O)O)c3cc(Br)ccc32)s1. The average Bonchev–Trinajstić information content (AvgIpc) is 2.95. The van der Waals surface area contributed by atoms with Crippen LogP contribution in [0.15, 0.2) is 41.0 Å². The second kappa shape index (κ2) is 5.66. The van der Waals surface area contributed by atoms with Crippen LogP contribution in [0.25, 0.3) is 10.9 Å². The Balaban J connectivity index is 2.07. The fraction of sp³-hybridized carbons (Fsp3) is 0.188. The van der Waals surface area contributed by atoms with E-state index in [4.69, 9.17) is 5.11 Å². The number of halogens is 1. The predicted octanol–water partition coefficient (Wildman–Crippen LogP) is 4.45. The molecule has 0 aliphatic heterocycles. The highest BCUT2D eigenvalue weighted by atomic mass is 79.9. The molecule has 0 bridgehead atoms. The van der Waals surface area contributed by atoms with E-state index in [1.807, 2.05) is 24.4 Å². The van der Waals surface area contributed by atoms with Gasteiger partial charge in [0.2, 0.25) is 0 Å². The minimum absolute atomic E-state index is 0.0451. The van der Waals surface area contributed by atoms with Gasteiger partial charge in [0.05, 0.1) is 13.0 Å². The highest BCUT2D eigenvalue weighted by Gasteiger charge is 2.12. The smallest absolute Gasteiger partial charge is 0.307 e. The minimum atomic E-state index is -0.805. The van der Waals surface area contributed by atoms with Crippen LogP contribution in [0.1, 0.15) is 15.3 Å². The zero-order valence-electron chi connectivity index (χ0n) is 11.5. The summed E-state index contributed by atoms with van der Waals surface area (Å²) in [5.41, 5.74) is 1.92. The summed E-state index contributed by atoms with van der Waals surface area (Å²) in [6, 6.07) is 10.3. The maximum atomic E-state index is 11.0. The van der Waals surface area contributed by atoms with Crippen molar-refractivity contribution in [1.29, 1.82) is 0 Å². The number of carboxylic acids is 1. The fourth-order valence-electron chi connectivity index (χ4n) is 2.52. The molecule has 0 unspecified atom stereocenters. The third-order valence-electron chi connectivity index (χ3n) is 3.39. The number of benzene rings is 1. The van der Waals surface area contributed by atoms with E-state index in [0.717, 1.165) is 27.5 Å². The molecule has 0 aliphatic carbocycles. The van der Waals surface area contributed by atoms with Gasteiger partial charge in [-0.2, -0.15) is 0 Å². The number of aryl methyl sites for hydroxylation is 1. The molecule has 0 saturated heterocycles. The molecule has 0 fully saturated rings. The van der Waals surface area contributed by atoms with Crippen LogP contribution in [0, 0.1) is 6.92 Å². The van der Waals surface area contributed by atoms with Gasteiger partial charge in [0.15, 0.2) is 0 Å². The van der Waals surface area contributed by atoms with Crippen molar-refractivity contribution in [2.24, 2.45) is 0 Å². The molecule has 0 atom stereocenters. The quantitative estimate of drug-likeness (QED) is 0.743. The van der Waals surface area contributed by atoms with Gasteiger partial charge in [-0.05, 0) is 42.8 Å². The van der Waals surface area contributed by atoms with Gasteiger partial charge >= 0.3 is 5.97 Å². The predicted molar refractivity (Wildman–Crippen MR) is 89.1 cm³/mol. The molecule has 2 heterocycles. The van der Waals surface area contributed by atoms with E-state index in [9.17, 15) is 4.79 Å². The van der Waals surface area contributed by atoms with Gasteiger partial charge < -0.3 is 9.67 Å². The number of rotatable bonds is 4. The van der Waals surface area contributed by atoms with Crippen molar-refractivity contribution >= 4 is 44.1 Å². The Morgan fingerprint density at radius 1 is 1.33 bits per heavy atom. The molecule has 21 heavy (non-hydrogen) atoms. The summed E-state index contributed by atoms with van der Waals surface area (Å²) < 4.78 is 3.09. The Morgan fingerprint density at radius 2 is 2.14 bits per heavy atom. The molecule has 3 rings (SSSR count). The number of hydrogen-bond acceptors (Lipinski definition) is 2. The largest absolute Gasteiger partial charge is 0.481 e. The molecule has 0 spiro atoms. The fourth-order valence-corrected chi connectivity index (χ4v) is 3.77. The molecule has 0 amide bonds. The maximum absolute atomic E-state index is 11.0. The number of aliphatic carboxylic acids is 1. The molecule has 0 radical (unpaired) electrons. The Labute approximate surface area is 135 Å². The second-order valence-electron chi connectivity index (χ2n) is 5.03. The maximum Gasteiger partial charge on any atom is 0.307 e. The molecule has 0 aliphatic rings. The molecule has 3 aromatic rings. The van der Waals surface area contributed by atoms with Gasteiger partial charge in [-0.25, -0.2) is 0 Å². The van der Waals surface area contributed by atoms with Gasteiger partial charge in [0.1, 0.15) is 0 Å². The van der Waals surface area contributed by atoms with E-state index in [2.05, 4.69) is 39.6 Å². The lowest BCUT2D eigenvalue weighted by Crippen LogP contribution is -1.99. The van der Waals surface area contributed by atoms with Crippen LogP contribution in [0.4, 0.5) is 0 Å². The van der Waals surface area contributed by atoms with E-state index >= 15 is 0 Å². The summed E-state index contributed by atoms with van der Waals surface area (Å²) >= 11 is 5.23. The Morgan fingerprint density at radius 3 is 2.81 bits per heavy atom. The van der Waals surface area contributed by atoms with E-state index < -0.39 is 5.97 Å². The van der Waals surface area contributed by atoms with Crippen LogP contribution in [0.3, 0.4) is 0 Å². The second-order valence-corrected chi connectivity index (χ2v) is 7.31. The van der Waals surface area contributed by atoms with Crippen molar-refractivity contribution in [2.45, 2.75) is 19.9 Å². The zero-order chi connectivity index (χ0) is 15.0. The topological polar surface area (TPSA) is 42.2 Å². The third kappa shape index (κ3) is 3.04. The molecule has 5 heteroatoms. The van der Waals surface area contributed by atoms with Crippen molar-refractivity contribution in [2.75, 3.05) is 0 Å². The van der Waals surface area contributed by atoms with Crippen molar-refractivity contribution < 1.29 is 9.90 Å². The number of carboxylic acid groups (broad SMARTS) is 1. The first-order valence-corrected chi connectivity index (χ1v) is 8.18. The van der Waals surface area contributed by atoms with Crippen molar-refractivity contribution in [3.8, 4) is 0 Å². The van der Waals surface area contributed by atoms with Crippen LogP contribution in [-0.2, 0) is 17.8 Å². The van der Waals surface area contributed by atoms with Crippen LogP contribution >= 0.6 is 27.3 Å². The van der Waals surface area contributed by atoms with E-state index in [-0.39, 0.29) is 6.42 Å². The van der Waals surface area contributed by atoms with Crippen LogP contribution < -0.4 is 0 Å². The van der Waals surface area contributed by atoms with Gasteiger partial charge in [-0.1, -0.05) is 15.9 Å². The van der Waals surface area contributed by atoms with Gasteiger partial charge in [-0.15, -0.1) is 11.3 Å². The number of carbonyl (C=O) groups is 1. The monoisotopic (exact) mass is 363 g/mol. The van der Waals surface area contributed by atoms with Crippen molar-refractivity contribution in [3.63, 3.8) is 0 Å². The molecule has 0 saturated carbocycles. The lowest BCUT2D eigenvalue weighted by molar-refractivity contribution is -0.136. The zero-order valence-corrected chi connectivity index (χ0v) is 13.9. The number of fused-ring (bicyclic) bond motifs is 1. The molecule has 3 nitrogen and oxygen atoms in total. The summed E-state index contributed by atoms with van der Waals surface area (Å²) in [7, 11) is 0. The first-order chi connectivity index (χ1) is 10.0. The van der Waals surface area contributed by atoms with Crippen LogP contribution in [0.2, 0.25) is 0 Å². The standard InChI is InChI=1S/C16H14BrNO2S/c1-10-2-4-13(21-10)9-18-8-11(6-16(19)20)14-7-12(17)3-5-15(14)18/h2-5,7-8H,6,9H2,1H3,(H,19,20). The first kappa shape index (κ1) is 14.4. The summed E-state index contributed by atoms with van der Waals surface area (Å²) in [4.78, 5) is 13.6. The van der Waals surface area contributed by atoms with E-state index in [0.29, 0.717) is 0 Å².